The van der Waals surface area contributed by atoms with Gasteiger partial charge in [-0.25, -0.2) is 9.59 Å². The molecule has 1 N–H and O–H groups in total. The van der Waals surface area contributed by atoms with Crippen LogP contribution in [0.15, 0.2) is 15.8 Å². The van der Waals surface area contributed by atoms with Gasteiger partial charge < -0.3 is 4.74 Å². The van der Waals surface area contributed by atoms with Gasteiger partial charge in [0.2, 0.25) is 0 Å². The SMILES string of the molecule is Cc1cn(C(C)C(=O)OC(C)(C)C)c(=O)[nH]c1=O. The van der Waals surface area contributed by atoms with Crippen LogP contribution in [-0.2, 0) is 9.53 Å². The van der Waals surface area contributed by atoms with Crippen molar-refractivity contribution < 1.29 is 9.53 Å². The minimum atomic E-state index is -0.785. The highest BCUT2D eigenvalue weighted by atomic mass is 16.6. The monoisotopic (exact) mass is 254 g/mol. The number of hydrogen-bond donors (Lipinski definition) is 1. The maximum absolute atomic E-state index is 11.8. The fraction of sp³-hybridized carbons (Fsp3) is 0.583. The van der Waals surface area contributed by atoms with Crippen LogP contribution in [0.2, 0.25) is 0 Å². The van der Waals surface area contributed by atoms with E-state index in [-0.39, 0.29) is 0 Å². The summed E-state index contributed by atoms with van der Waals surface area (Å²) in [7, 11) is 0. The highest BCUT2D eigenvalue weighted by Crippen LogP contribution is 2.13. The molecule has 0 spiro atoms. The van der Waals surface area contributed by atoms with Gasteiger partial charge in [0.25, 0.3) is 5.56 Å². The first-order chi connectivity index (χ1) is 8.11. The van der Waals surface area contributed by atoms with Crippen LogP contribution in [-0.4, -0.2) is 21.1 Å². The van der Waals surface area contributed by atoms with Crippen molar-refractivity contribution in [3.05, 3.63) is 32.6 Å². The van der Waals surface area contributed by atoms with E-state index in [9.17, 15) is 14.4 Å². The molecule has 18 heavy (non-hydrogen) atoms. The van der Waals surface area contributed by atoms with Gasteiger partial charge in [-0.2, -0.15) is 0 Å². The van der Waals surface area contributed by atoms with Crippen molar-refractivity contribution in [1.82, 2.24) is 9.55 Å². The fourth-order valence-corrected chi connectivity index (χ4v) is 1.37. The lowest BCUT2D eigenvalue weighted by Crippen LogP contribution is -2.37. The minimum Gasteiger partial charge on any atom is -0.458 e. The molecule has 6 heteroatoms. The Balaban J connectivity index is 3.08. The third-order valence-corrected chi connectivity index (χ3v) is 2.31. The van der Waals surface area contributed by atoms with Crippen LogP contribution in [0.5, 0.6) is 0 Å². The van der Waals surface area contributed by atoms with E-state index in [1.165, 1.54) is 6.20 Å². The second-order valence-corrected chi connectivity index (χ2v) is 5.19. The van der Waals surface area contributed by atoms with Crippen molar-refractivity contribution in [3.63, 3.8) is 0 Å². The largest absolute Gasteiger partial charge is 0.458 e. The number of aromatic amines is 1. The topological polar surface area (TPSA) is 81.2 Å². The lowest BCUT2D eigenvalue weighted by atomic mass is 10.2. The molecular weight excluding hydrogens is 236 g/mol. The summed E-state index contributed by atoms with van der Waals surface area (Å²) < 4.78 is 6.35. The van der Waals surface area contributed by atoms with Gasteiger partial charge in [0.05, 0.1) is 0 Å². The predicted octanol–water partition coefficient (Wildman–Crippen LogP) is 0.748. The number of nitrogens with one attached hydrogen (secondary N) is 1. The molecule has 1 unspecified atom stereocenters. The average molecular weight is 254 g/mol. The average Bonchev–Trinajstić information content (AvgIpc) is 2.20. The van der Waals surface area contributed by atoms with Crippen LogP contribution >= 0.6 is 0 Å². The molecule has 6 nitrogen and oxygen atoms in total. The van der Waals surface area contributed by atoms with Crippen molar-refractivity contribution in [1.29, 1.82) is 0 Å². The van der Waals surface area contributed by atoms with Gasteiger partial charge in [0.1, 0.15) is 11.6 Å². The van der Waals surface area contributed by atoms with E-state index in [0.717, 1.165) is 4.57 Å². The van der Waals surface area contributed by atoms with Crippen LogP contribution < -0.4 is 11.2 Å². The van der Waals surface area contributed by atoms with Gasteiger partial charge in [-0.1, -0.05) is 0 Å². The maximum atomic E-state index is 11.8. The quantitative estimate of drug-likeness (QED) is 0.789. The third-order valence-electron chi connectivity index (χ3n) is 2.31. The highest BCUT2D eigenvalue weighted by molar-refractivity contribution is 5.74. The Morgan fingerprint density at radius 2 is 1.94 bits per heavy atom. The van der Waals surface area contributed by atoms with Crippen LogP contribution in [0, 0.1) is 6.92 Å². The number of H-pyrrole nitrogens is 1. The van der Waals surface area contributed by atoms with Gasteiger partial charge >= 0.3 is 11.7 Å². The molecule has 1 atom stereocenters. The van der Waals surface area contributed by atoms with Crippen molar-refractivity contribution in [3.8, 4) is 0 Å². The van der Waals surface area contributed by atoms with Crippen LogP contribution in [0.4, 0.5) is 0 Å². The fourth-order valence-electron chi connectivity index (χ4n) is 1.37. The molecule has 0 aliphatic carbocycles. The van der Waals surface area contributed by atoms with E-state index >= 15 is 0 Å². The standard InChI is InChI=1S/C12H18N2O4/c1-7-6-14(11(17)13-9(7)15)8(2)10(16)18-12(3,4)5/h6,8H,1-5H3,(H,13,15,17). The molecule has 0 fully saturated rings. The third kappa shape index (κ3) is 3.32. The molecular formula is C12H18N2O4. The lowest BCUT2D eigenvalue weighted by molar-refractivity contribution is -0.158. The van der Waals surface area contributed by atoms with Gasteiger partial charge in [0.15, 0.2) is 0 Å². The molecule has 0 bridgehead atoms. The molecule has 0 aliphatic heterocycles. The molecule has 0 aliphatic rings. The zero-order chi connectivity index (χ0) is 14.1. The first kappa shape index (κ1) is 14.2. The Labute approximate surface area is 105 Å². The number of aryl methyl sites for hydroxylation is 1. The number of hydrogen-bond acceptors (Lipinski definition) is 4. The molecule has 0 aromatic carbocycles. The molecule has 1 aromatic rings. The summed E-state index contributed by atoms with van der Waals surface area (Å²) in [6, 6.07) is -0.785. The maximum Gasteiger partial charge on any atom is 0.329 e. The second-order valence-electron chi connectivity index (χ2n) is 5.19. The number of carbonyl (C=O) groups excluding carboxylic acids is 1. The first-order valence-corrected chi connectivity index (χ1v) is 5.67. The van der Waals surface area contributed by atoms with Gasteiger partial charge in [0, 0.05) is 11.8 Å². The van der Waals surface area contributed by atoms with Crippen molar-refractivity contribution >= 4 is 5.97 Å². The molecule has 100 valence electrons. The highest BCUT2D eigenvalue weighted by Gasteiger charge is 2.23. The number of rotatable bonds is 2. The first-order valence-electron chi connectivity index (χ1n) is 5.67. The number of nitrogens with zero attached hydrogens (tertiary/aromatic N) is 1. The van der Waals surface area contributed by atoms with E-state index in [2.05, 4.69) is 4.98 Å². The summed E-state index contributed by atoms with van der Waals surface area (Å²) in [6.45, 7) is 8.36. The number of ether oxygens (including phenoxy) is 1. The van der Waals surface area contributed by atoms with Crippen molar-refractivity contribution in [2.45, 2.75) is 46.3 Å². The molecule has 0 radical (unpaired) electrons. The lowest BCUT2D eigenvalue weighted by Gasteiger charge is -2.23. The van der Waals surface area contributed by atoms with E-state index in [0.29, 0.717) is 5.56 Å². The van der Waals surface area contributed by atoms with E-state index in [4.69, 9.17) is 4.74 Å². The Hall–Kier alpha value is -1.85. The minimum absolute atomic E-state index is 0.366. The molecule has 1 heterocycles. The van der Waals surface area contributed by atoms with E-state index in [1.807, 2.05) is 0 Å². The zero-order valence-corrected chi connectivity index (χ0v) is 11.2. The smallest absolute Gasteiger partial charge is 0.329 e. The zero-order valence-electron chi connectivity index (χ0n) is 11.2. The Kier molecular flexibility index (Phi) is 3.79. The van der Waals surface area contributed by atoms with Crippen LogP contribution in [0.25, 0.3) is 0 Å². The summed E-state index contributed by atoms with van der Waals surface area (Å²) in [5.41, 5.74) is -1.33. The van der Waals surface area contributed by atoms with E-state index < -0.39 is 28.9 Å². The summed E-state index contributed by atoms with van der Waals surface area (Å²) in [6.07, 6.45) is 1.36. The van der Waals surface area contributed by atoms with Crippen molar-refractivity contribution in [2.24, 2.45) is 0 Å². The normalized spacial score (nSPS) is 13.2. The van der Waals surface area contributed by atoms with Gasteiger partial charge in [-0.3, -0.25) is 14.3 Å². The van der Waals surface area contributed by atoms with Crippen LogP contribution in [0.1, 0.15) is 39.3 Å². The Morgan fingerprint density at radius 1 is 1.39 bits per heavy atom. The van der Waals surface area contributed by atoms with Crippen LogP contribution in [0.3, 0.4) is 0 Å². The number of aromatic nitrogens is 2. The summed E-state index contributed by atoms with van der Waals surface area (Å²) in [5, 5.41) is 0. The summed E-state index contributed by atoms with van der Waals surface area (Å²) in [5.74, 6) is -0.518. The Bertz CT molecular complexity index is 563. The molecule has 0 amide bonds. The van der Waals surface area contributed by atoms with Gasteiger partial charge in [-0.15, -0.1) is 0 Å². The molecule has 1 rings (SSSR count). The van der Waals surface area contributed by atoms with Gasteiger partial charge in [-0.05, 0) is 34.6 Å². The summed E-state index contributed by atoms with van der Waals surface area (Å²) >= 11 is 0. The van der Waals surface area contributed by atoms with Crippen molar-refractivity contribution in [2.75, 3.05) is 0 Å². The predicted molar refractivity (Wildman–Crippen MR) is 66.6 cm³/mol. The number of esters is 1. The number of carbonyl (C=O) groups is 1. The molecule has 0 saturated heterocycles. The Morgan fingerprint density at radius 3 is 2.44 bits per heavy atom. The molecule has 1 aromatic heterocycles. The molecule has 0 saturated carbocycles. The second kappa shape index (κ2) is 4.80. The summed E-state index contributed by atoms with van der Waals surface area (Å²) in [4.78, 5) is 36.8. The van der Waals surface area contributed by atoms with E-state index in [1.54, 1.807) is 34.6 Å².